The molecule has 0 aliphatic rings. The van der Waals surface area contributed by atoms with Crippen molar-refractivity contribution in [1.29, 1.82) is 0 Å². The predicted molar refractivity (Wildman–Crippen MR) is 67.4 cm³/mol. The number of ether oxygens (including phenoxy) is 1. The third kappa shape index (κ3) is 3.07. The molecule has 0 spiro atoms. The van der Waals surface area contributed by atoms with Gasteiger partial charge in [-0.25, -0.2) is 0 Å². The van der Waals surface area contributed by atoms with Crippen molar-refractivity contribution in [3.63, 3.8) is 0 Å². The largest absolute Gasteiger partial charge is 0.487 e. The van der Waals surface area contributed by atoms with Gasteiger partial charge in [0.1, 0.15) is 12.4 Å². The minimum atomic E-state index is 0.489. The fourth-order valence-electron chi connectivity index (χ4n) is 1.39. The molecule has 16 heavy (non-hydrogen) atoms. The highest BCUT2D eigenvalue weighted by Crippen LogP contribution is 2.15. The molecular weight excluding hydrogens is 266 g/mol. The maximum absolute atomic E-state index is 5.64. The van der Waals surface area contributed by atoms with E-state index in [4.69, 9.17) is 4.74 Å². The third-order valence-corrected chi connectivity index (χ3v) is 2.65. The second-order valence-corrected chi connectivity index (χ2v) is 4.49. The van der Waals surface area contributed by atoms with Crippen LogP contribution in [0.2, 0.25) is 0 Å². The summed E-state index contributed by atoms with van der Waals surface area (Å²) in [5.41, 5.74) is 2.11. The van der Waals surface area contributed by atoms with Crippen LogP contribution in [-0.2, 0) is 6.61 Å². The maximum atomic E-state index is 5.64. The van der Waals surface area contributed by atoms with Crippen LogP contribution < -0.4 is 4.74 Å². The summed E-state index contributed by atoms with van der Waals surface area (Å²) >= 11 is 3.40. The Balaban J connectivity index is 2.02. The van der Waals surface area contributed by atoms with Crippen LogP contribution in [0.5, 0.6) is 5.75 Å². The highest BCUT2D eigenvalue weighted by molar-refractivity contribution is 9.10. The van der Waals surface area contributed by atoms with Gasteiger partial charge in [0, 0.05) is 10.7 Å². The van der Waals surface area contributed by atoms with Gasteiger partial charge in [0.15, 0.2) is 0 Å². The second-order valence-electron chi connectivity index (χ2n) is 3.57. The van der Waals surface area contributed by atoms with Crippen molar-refractivity contribution in [3.05, 3.63) is 58.3 Å². The number of rotatable bonds is 3. The van der Waals surface area contributed by atoms with Crippen LogP contribution in [0.1, 0.15) is 11.3 Å². The van der Waals surface area contributed by atoms with Crippen LogP contribution in [-0.4, -0.2) is 4.98 Å². The first-order chi connectivity index (χ1) is 7.74. The van der Waals surface area contributed by atoms with Crippen molar-refractivity contribution in [2.75, 3.05) is 0 Å². The van der Waals surface area contributed by atoms with Gasteiger partial charge in [0.05, 0.1) is 5.69 Å². The number of benzene rings is 1. The van der Waals surface area contributed by atoms with E-state index < -0.39 is 0 Å². The zero-order chi connectivity index (χ0) is 11.4. The molecule has 2 nitrogen and oxygen atoms in total. The van der Waals surface area contributed by atoms with Gasteiger partial charge in [-0.3, -0.25) is 4.98 Å². The molecule has 2 rings (SSSR count). The van der Waals surface area contributed by atoms with E-state index in [9.17, 15) is 0 Å². The lowest BCUT2D eigenvalue weighted by atomic mass is 10.2. The number of halogens is 1. The van der Waals surface area contributed by atoms with Crippen molar-refractivity contribution < 1.29 is 4.74 Å². The highest BCUT2D eigenvalue weighted by Gasteiger charge is 1.98. The van der Waals surface area contributed by atoms with Crippen LogP contribution in [0, 0.1) is 6.92 Å². The molecule has 0 bridgehead atoms. The molecule has 1 aromatic heterocycles. The summed E-state index contributed by atoms with van der Waals surface area (Å²) in [6, 6.07) is 11.8. The monoisotopic (exact) mass is 277 g/mol. The topological polar surface area (TPSA) is 22.1 Å². The van der Waals surface area contributed by atoms with E-state index in [1.165, 1.54) is 5.56 Å². The summed E-state index contributed by atoms with van der Waals surface area (Å²) < 4.78 is 6.66. The summed E-state index contributed by atoms with van der Waals surface area (Å²) in [6.45, 7) is 2.53. The van der Waals surface area contributed by atoms with Gasteiger partial charge < -0.3 is 4.74 Å². The van der Waals surface area contributed by atoms with Crippen LogP contribution in [0.25, 0.3) is 0 Å². The quantitative estimate of drug-likeness (QED) is 0.853. The first-order valence-electron chi connectivity index (χ1n) is 5.04. The van der Waals surface area contributed by atoms with Gasteiger partial charge in [-0.2, -0.15) is 0 Å². The minimum Gasteiger partial charge on any atom is -0.487 e. The number of nitrogens with zero attached hydrogens (tertiary/aromatic N) is 1. The van der Waals surface area contributed by atoms with Crippen molar-refractivity contribution in [2.24, 2.45) is 0 Å². The number of pyridine rings is 1. The molecule has 2 aromatic rings. The maximum Gasteiger partial charge on any atom is 0.130 e. The van der Waals surface area contributed by atoms with Crippen molar-refractivity contribution in [1.82, 2.24) is 4.98 Å². The summed E-state index contributed by atoms with van der Waals surface area (Å²) in [5.74, 6) is 0.877. The Labute approximate surface area is 103 Å². The number of hydrogen-bond donors (Lipinski definition) is 0. The average Bonchev–Trinajstić information content (AvgIpc) is 2.27. The minimum absolute atomic E-state index is 0.489. The molecule has 0 aliphatic carbocycles. The van der Waals surface area contributed by atoms with Gasteiger partial charge in [-0.05, 0) is 36.8 Å². The molecule has 0 amide bonds. The molecule has 82 valence electrons. The summed E-state index contributed by atoms with van der Waals surface area (Å²) in [4.78, 5) is 4.22. The van der Waals surface area contributed by atoms with Gasteiger partial charge in [-0.15, -0.1) is 0 Å². The zero-order valence-electron chi connectivity index (χ0n) is 8.98. The number of aryl methyl sites for hydroxylation is 1. The van der Waals surface area contributed by atoms with Gasteiger partial charge in [-0.1, -0.05) is 28.1 Å². The Hall–Kier alpha value is -1.35. The Morgan fingerprint density at radius 1 is 1.25 bits per heavy atom. The first-order valence-corrected chi connectivity index (χ1v) is 5.83. The van der Waals surface area contributed by atoms with Crippen molar-refractivity contribution in [3.8, 4) is 5.75 Å². The molecule has 0 saturated heterocycles. The van der Waals surface area contributed by atoms with E-state index in [0.717, 1.165) is 15.9 Å². The summed E-state index contributed by atoms with van der Waals surface area (Å²) in [7, 11) is 0. The number of aromatic nitrogens is 1. The predicted octanol–water partition coefficient (Wildman–Crippen LogP) is 3.73. The smallest absolute Gasteiger partial charge is 0.130 e. The van der Waals surface area contributed by atoms with Crippen LogP contribution in [0.4, 0.5) is 0 Å². The van der Waals surface area contributed by atoms with E-state index in [2.05, 4.69) is 20.9 Å². The Morgan fingerprint density at radius 3 is 2.88 bits per heavy atom. The number of hydrogen-bond acceptors (Lipinski definition) is 2. The zero-order valence-corrected chi connectivity index (χ0v) is 10.6. The van der Waals surface area contributed by atoms with Gasteiger partial charge in [0.2, 0.25) is 0 Å². The Kier molecular flexibility index (Phi) is 3.57. The molecule has 1 heterocycles. The molecule has 0 N–H and O–H groups in total. The molecule has 3 heteroatoms. The lowest BCUT2D eigenvalue weighted by Crippen LogP contribution is -1.97. The molecule has 0 unspecified atom stereocenters. The van der Waals surface area contributed by atoms with E-state index >= 15 is 0 Å². The van der Waals surface area contributed by atoms with Crippen molar-refractivity contribution in [2.45, 2.75) is 13.5 Å². The molecule has 1 aromatic carbocycles. The standard InChI is InChI=1S/C13H12BrNO/c1-10-3-2-4-13(7-10)16-9-12-8-11(14)5-6-15-12/h2-8H,9H2,1H3. The fourth-order valence-corrected chi connectivity index (χ4v) is 1.77. The molecule has 0 atom stereocenters. The SMILES string of the molecule is Cc1cccc(OCc2cc(Br)ccn2)c1. The summed E-state index contributed by atoms with van der Waals surface area (Å²) in [6.07, 6.45) is 1.76. The summed E-state index contributed by atoms with van der Waals surface area (Å²) in [5, 5.41) is 0. The normalized spacial score (nSPS) is 10.1. The van der Waals surface area contributed by atoms with Crippen LogP contribution in [0.15, 0.2) is 47.1 Å². The molecule has 0 aliphatic heterocycles. The van der Waals surface area contributed by atoms with Gasteiger partial charge >= 0.3 is 0 Å². The molecule has 0 radical (unpaired) electrons. The fraction of sp³-hybridized carbons (Fsp3) is 0.154. The van der Waals surface area contributed by atoms with E-state index in [1.807, 2.05) is 43.3 Å². The highest BCUT2D eigenvalue weighted by atomic mass is 79.9. The molecule has 0 fully saturated rings. The average molecular weight is 278 g/mol. The first kappa shape index (κ1) is 11.1. The molecule has 0 saturated carbocycles. The molecular formula is C13H12BrNO. The Morgan fingerprint density at radius 2 is 2.12 bits per heavy atom. The second kappa shape index (κ2) is 5.12. The van der Waals surface area contributed by atoms with E-state index in [-0.39, 0.29) is 0 Å². The van der Waals surface area contributed by atoms with E-state index in [1.54, 1.807) is 6.20 Å². The van der Waals surface area contributed by atoms with Crippen molar-refractivity contribution >= 4 is 15.9 Å². The van der Waals surface area contributed by atoms with Crippen LogP contribution in [0.3, 0.4) is 0 Å². The lowest BCUT2D eigenvalue weighted by Gasteiger charge is -2.06. The van der Waals surface area contributed by atoms with E-state index in [0.29, 0.717) is 6.61 Å². The Bertz CT molecular complexity index is 439. The van der Waals surface area contributed by atoms with Gasteiger partial charge in [0.25, 0.3) is 0 Å². The third-order valence-electron chi connectivity index (χ3n) is 2.15. The lowest BCUT2D eigenvalue weighted by molar-refractivity contribution is 0.301. The van der Waals surface area contributed by atoms with Crippen LogP contribution >= 0.6 is 15.9 Å².